The molecule has 2 amide bonds. The van der Waals surface area contributed by atoms with Crippen molar-refractivity contribution >= 4 is 51.9 Å². The number of thiocarbonyl (C=S) groups is 1. The van der Waals surface area contributed by atoms with Crippen LogP contribution in [0.2, 0.25) is 0 Å². The number of hydrogen-bond acceptors (Lipinski definition) is 8. The van der Waals surface area contributed by atoms with Crippen LogP contribution in [0.5, 0.6) is 23.0 Å². The summed E-state index contributed by atoms with van der Waals surface area (Å²) in [5.41, 5.74) is 1.16. The maximum absolute atomic E-state index is 12.9. The van der Waals surface area contributed by atoms with Gasteiger partial charge in [0.1, 0.15) is 10.1 Å². The highest BCUT2D eigenvalue weighted by atomic mass is 32.2. The first-order valence-corrected chi connectivity index (χ1v) is 10.7. The van der Waals surface area contributed by atoms with Gasteiger partial charge in [-0.05, 0) is 35.9 Å². The second-order valence-corrected chi connectivity index (χ2v) is 8.32. The highest BCUT2D eigenvalue weighted by Crippen LogP contribution is 2.40. The van der Waals surface area contributed by atoms with Gasteiger partial charge >= 0.3 is 0 Å². The highest BCUT2D eigenvalue weighted by molar-refractivity contribution is 8.26. The molecule has 8 nitrogen and oxygen atoms in total. The van der Waals surface area contributed by atoms with E-state index in [9.17, 15) is 14.7 Å². The SMILES string of the molecule is COc1cc(C=C2SC(=S)N(CCC(=O)Nc3cccc(O)c3)C2=O)cc(OC)c1OC. The Hall–Kier alpha value is -3.24. The van der Waals surface area contributed by atoms with Crippen molar-refractivity contribution in [3.05, 3.63) is 46.9 Å². The Labute approximate surface area is 195 Å². The number of thioether (sulfide) groups is 1. The predicted molar refractivity (Wildman–Crippen MR) is 127 cm³/mol. The first kappa shape index (κ1) is 23.4. The first-order chi connectivity index (χ1) is 15.4. The molecule has 3 rings (SSSR count). The van der Waals surface area contributed by atoms with Gasteiger partial charge in [-0.15, -0.1) is 0 Å². The maximum Gasteiger partial charge on any atom is 0.266 e. The van der Waals surface area contributed by atoms with E-state index in [1.54, 1.807) is 30.3 Å². The molecule has 0 radical (unpaired) electrons. The number of anilines is 1. The lowest BCUT2D eigenvalue weighted by Gasteiger charge is -2.14. The molecule has 0 unspecified atom stereocenters. The van der Waals surface area contributed by atoms with Crippen LogP contribution in [0, 0.1) is 0 Å². The fourth-order valence-corrected chi connectivity index (χ4v) is 4.36. The number of nitrogens with zero attached hydrogens (tertiary/aromatic N) is 1. The Morgan fingerprint density at radius 1 is 1.16 bits per heavy atom. The quantitative estimate of drug-likeness (QED) is 0.442. The van der Waals surface area contributed by atoms with Crippen LogP contribution in [0.15, 0.2) is 41.3 Å². The molecule has 0 atom stereocenters. The number of methoxy groups -OCH3 is 3. The van der Waals surface area contributed by atoms with Gasteiger partial charge in [0.15, 0.2) is 11.5 Å². The standard InChI is InChI=1S/C22H22N2O6S2/c1-28-16-9-13(10-17(29-2)20(16)30-3)11-18-21(27)24(22(31)32-18)8-7-19(26)23-14-5-4-6-15(25)12-14/h4-6,9-12,25H,7-8H2,1-3H3,(H,23,26). The third-order valence-corrected chi connectivity index (χ3v) is 5.93. The van der Waals surface area contributed by atoms with Crippen molar-refractivity contribution in [2.45, 2.75) is 6.42 Å². The van der Waals surface area contributed by atoms with Crippen LogP contribution >= 0.6 is 24.0 Å². The van der Waals surface area contributed by atoms with E-state index in [-0.39, 0.29) is 30.5 Å². The molecule has 1 saturated heterocycles. The van der Waals surface area contributed by atoms with Crippen LogP contribution in [0.1, 0.15) is 12.0 Å². The Morgan fingerprint density at radius 3 is 2.44 bits per heavy atom. The number of phenolic OH excluding ortho intramolecular Hbond substituents is 1. The Bertz CT molecular complexity index is 1060. The molecule has 10 heteroatoms. The van der Waals surface area contributed by atoms with Crippen molar-refractivity contribution in [2.24, 2.45) is 0 Å². The molecule has 2 aromatic carbocycles. The number of benzene rings is 2. The van der Waals surface area contributed by atoms with Crippen LogP contribution in [0.25, 0.3) is 6.08 Å². The van der Waals surface area contributed by atoms with Crippen LogP contribution in [-0.4, -0.2) is 54.0 Å². The number of aromatic hydroxyl groups is 1. The molecule has 32 heavy (non-hydrogen) atoms. The Kier molecular flexibility index (Phi) is 7.60. The topological polar surface area (TPSA) is 97.3 Å². The van der Waals surface area contributed by atoms with Gasteiger partial charge < -0.3 is 24.6 Å². The highest BCUT2D eigenvalue weighted by Gasteiger charge is 2.32. The van der Waals surface area contributed by atoms with E-state index < -0.39 is 0 Å². The summed E-state index contributed by atoms with van der Waals surface area (Å²) in [7, 11) is 4.55. The van der Waals surface area contributed by atoms with Gasteiger partial charge in [-0.1, -0.05) is 30.0 Å². The lowest BCUT2D eigenvalue weighted by atomic mass is 10.1. The molecule has 1 aliphatic heterocycles. The minimum Gasteiger partial charge on any atom is -0.508 e. The second kappa shape index (κ2) is 10.4. The van der Waals surface area contributed by atoms with Crippen molar-refractivity contribution in [1.82, 2.24) is 4.90 Å². The van der Waals surface area contributed by atoms with E-state index >= 15 is 0 Å². The normalized spacial score (nSPS) is 14.6. The largest absolute Gasteiger partial charge is 0.508 e. The zero-order valence-corrected chi connectivity index (χ0v) is 19.3. The Balaban J connectivity index is 1.70. The van der Waals surface area contributed by atoms with Gasteiger partial charge in [-0.3, -0.25) is 14.5 Å². The summed E-state index contributed by atoms with van der Waals surface area (Å²) in [6.45, 7) is 0.141. The second-order valence-electron chi connectivity index (χ2n) is 6.64. The van der Waals surface area contributed by atoms with Crippen LogP contribution in [0.3, 0.4) is 0 Å². The lowest BCUT2D eigenvalue weighted by Crippen LogP contribution is -2.31. The fourth-order valence-electron chi connectivity index (χ4n) is 3.05. The maximum atomic E-state index is 12.9. The van der Waals surface area contributed by atoms with Crippen molar-refractivity contribution in [3.63, 3.8) is 0 Å². The van der Waals surface area contributed by atoms with Crippen LogP contribution in [-0.2, 0) is 9.59 Å². The summed E-state index contributed by atoms with van der Waals surface area (Å²) < 4.78 is 16.4. The van der Waals surface area contributed by atoms with Crippen molar-refractivity contribution in [3.8, 4) is 23.0 Å². The molecule has 1 aliphatic rings. The molecule has 2 aromatic rings. The zero-order chi connectivity index (χ0) is 23.3. The molecule has 0 saturated carbocycles. The summed E-state index contributed by atoms with van der Waals surface area (Å²) in [5.74, 6) is 0.876. The van der Waals surface area contributed by atoms with Crippen molar-refractivity contribution < 1.29 is 28.9 Å². The van der Waals surface area contributed by atoms with E-state index in [0.717, 1.165) is 11.8 Å². The molecular weight excluding hydrogens is 452 g/mol. The van der Waals surface area contributed by atoms with Crippen LogP contribution in [0.4, 0.5) is 5.69 Å². The minimum atomic E-state index is -0.293. The molecule has 1 heterocycles. The van der Waals surface area contributed by atoms with Gasteiger partial charge in [-0.25, -0.2) is 0 Å². The minimum absolute atomic E-state index is 0.0525. The summed E-state index contributed by atoms with van der Waals surface area (Å²) in [5, 5.41) is 12.2. The summed E-state index contributed by atoms with van der Waals surface area (Å²) in [6.07, 6.45) is 1.75. The smallest absolute Gasteiger partial charge is 0.266 e. The molecular formula is C22H22N2O6S2. The molecule has 0 aromatic heterocycles. The zero-order valence-electron chi connectivity index (χ0n) is 17.7. The van der Waals surface area contributed by atoms with Gasteiger partial charge in [0.25, 0.3) is 5.91 Å². The number of hydrogen-bond donors (Lipinski definition) is 2. The molecule has 2 N–H and O–H groups in total. The monoisotopic (exact) mass is 474 g/mol. The molecule has 0 aliphatic carbocycles. The lowest BCUT2D eigenvalue weighted by molar-refractivity contribution is -0.122. The Morgan fingerprint density at radius 2 is 1.84 bits per heavy atom. The van der Waals surface area contributed by atoms with E-state index in [0.29, 0.717) is 37.7 Å². The number of ether oxygens (including phenoxy) is 3. The molecule has 1 fully saturated rings. The van der Waals surface area contributed by atoms with Gasteiger partial charge in [0, 0.05) is 24.7 Å². The van der Waals surface area contributed by atoms with E-state index in [2.05, 4.69) is 5.32 Å². The number of phenols is 1. The predicted octanol–water partition coefficient (Wildman–Crippen LogP) is 3.65. The number of carbonyl (C=O) groups excluding carboxylic acids is 2. The summed E-state index contributed by atoms with van der Waals surface area (Å²) >= 11 is 6.50. The number of amides is 2. The number of nitrogens with one attached hydrogen (secondary N) is 1. The van der Waals surface area contributed by atoms with E-state index in [4.69, 9.17) is 26.4 Å². The third kappa shape index (κ3) is 5.32. The molecule has 168 valence electrons. The third-order valence-electron chi connectivity index (χ3n) is 4.55. The van der Waals surface area contributed by atoms with Crippen LogP contribution < -0.4 is 19.5 Å². The fraction of sp³-hybridized carbons (Fsp3) is 0.227. The van der Waals surface area contributed by atoms with Gasteiger partial charge in [0.2, 0.25) is 11.7 Å². The number of rotatable bonds is 8. The van der Waals surface area contributed by atoms with Gasteiger partial charge in [0.05, 0.1) is 26.2 Å². The van der Waals surface area contributed by atoms with E-state index in [1.165, 1.54) is 38.4 Å². The molecule has 0 spiro atoms. The average Bonchev–Trinajstić information content (AvgIpc) is 3.03. The van der Waals surface area contributed by atoms with Gasteiger partial charge in [-0.2, -0.15) is 0 Å². The summed E-state index contributed by atoms with van der Waals surface area (Å²) in [6, 6.07) is 9.71. The van der Waals surface area contributed by atoms with Crippen molar-refractivity contribution in [2.75, 3.05) is 33.2 Å². The first-order valence-electron chi connectivity index (χ1n) is 9.50. The van der Waals surface area contributed by atoms with E-state index in [1.807, 2.05) is 0 Å². The average molecular weight is 475 g/mol. The van der Waals surface area contributed by atoms with Crippen molar-refractivity contribution in [1.29, 1.82) is 0 Å². The summed E-state index contributed by atoms with van der Waals surface area (Å²) in [4.78, 5) is 26.9. The molecule has 0 bridgehead atoms. The number of carbonyl (C=O) groups is 2.